The Morgan fingerprint density at radius 1 is 1.13 bits per heavy atom. The van der Waals surface area contributed by atoms with Gasteiger partial charge in [0.2, 0.25) is 5.91 Å². The van der Waals surface area contributed by atoms with Crippen LogP contribution in [0.1, 0.15) is 36.5 Å². The molecule has 8 nitrogen and oxygen atoms in total. The van der Waals surface area contributed by atoms with E-state index in [2.05, 4.69) is 10.3 Å². The van der Waals surface area contributed by atoms with E-state index in [1.165, 1.54) is 4.90 Å². The van der Waals surface area contributed by atoms with Crippen molar-refractivity contribution in [2.45, 2.75) is 32.3 Å². The minimum absolute atomic E-state index is 0.0404. The van der Waals surface area contributed by atoms with Gasteiger partial charge in [-0.3, -0.25) is 24.3 Å². The minimum atomic E-state index is -0.677. The zero-order valence-corrected chi connectivity index (χ0v) is 16.8. The van der Waals surface area contributed by atoms with E-state index in [1.54, 1.807) is 49.6 Å². The van der Waals surface area contributed by atoms with Crippen molar-refractivity contribution in [3.63, 3.8) is 0 Å². The number of aromatic nitrogens is 1. The number of ether oxygens (including phenoxy) is 1. The van der Waals surface area contributed by atoms with Gasteiger partial charge in [-0.2, -0.15) is 0 Å². The Bertz CT molecular complexity index is 957. The van der Waals surface area contributed by atoms with Crippen LogP contribution in [-0.2, 0) is 9.59 Å². The number of pyridine rings is 1. The van der Waals surface area contributed by atoms with E-state index >= 15 is 0 Å². The summed E-state index contributed by atoms with van der Waals surface area (Å²) in [6, 6.07) is 8.32. The monoisotopic (exact) mass is 408 g/mol. The van der Waals surface area contributed by atoms with Gasteiger partial charge in [0.15, 0.2) is 6.10 Å². The number of rotatable bonds is 4. The lowest BCUT2D eigenvalue weighted by molar-refractivity contribution is -0.133. The van der Waals surface area contributed by atoms with E-state index in [-0.39, 0.29) is 24.3 Å². The van der Waals surface area contributed by atoms with Crippen LogP contribution in [0.3, 0.4) is 0 Å². The van der Waals surface area contributed by atoms with Gasteiger partial charge in [-0.05, 0) is 56.5 Å². The molecule has 1 atom stereocenters. The first kappa shape index (κ1) is 19.9. The van der Waals surface area contributed by atoms with Crippen LogP contribution in [0.25, 0.3) is 0 Å². The van der Waals surface area contributed by atoms with E-state index in [1.807, 2.05) is 4.90 Å². The maximum absolute atomic E-state index is 12.8. The van der Waals surface area contributed by atoms with Crippen LogP contribution in [0.15, 0.2) is 42.7 Å². The van der Waals surface area contributed by atoms with Gasteiger partial charge in [0, 0.05) is 36.7 Å². The van der Waals surface area contributed by atoms with Crippen molar-refractivity contribution >= 4 is 29.1 Å². The van der Waals surface area contributed by atoms with Gasteiger partial charge in [0.05, 0.1) is 5.69 Å². The van der Waals surface area contributed by atoms with Crippen LogP contribution in [0.4, 0.5) is 11.4 Å². The van der Waals surface area contributed by atoms with Crippen molar-refractivity contribution in [3.8, 4) is 5.75 Å². The SMILES string of the molecule is CC1Oc2ccc(NC(=O)c3ccncc3)cc2N(CC(=O)N2CCCCC2)C1=O. The van der Waals surface area contributed by atoms with E-state index in [0.717, 1.165) is 32.4 Å². The molecule has 8 heteroatoms. The molecular formula is C22H24N4O4. The van der Waals surface area contributed by atoms with Crippen molar-refractivity contribution in [1.82, 2.24) is 9.88 Å². The van der Waals surface area contributed by atoms with Gasteiger partial charge in [0.25, 0.3) is 11.8 Å². The molecule has 3 amide bonds. The fourth-order valence-corrected chi connectivity index (χ4v) is 3.73. The van der Waals surface area contributed by atoms with Crippen LogP contribution >= 0.6 is 0 Å². The summed E-state index contributed by atoms with van der Waals surface area (Å²) in [5.74, 6) is -0.125. The molecule has 1 unspecified atom stereocenters. The number of benzene rings is 1. The molecule has 4 rings (SSSR count). The summed E-state index contributed by atoms with van der Waals surface area (Å²) in [6.45, 7) is 3.08. The predicted molar refractivity (Wildman–Crippen MR) is 112 cm³/mol. The summed E-state index contributed by atoms with van der Waals surface area (Å²) in [5, 5.41) is 2.82. The Kier molecular flexibility index (Phi) is 5.65. The highest BCUT2D eigenvalue weighted by molar-refractivity contribution is 6.06. The Balaban J connectivity index is 1.56. The molecule has 0 saturated carbocycles. The summed E-state index contributed by atoms with van der Waals surface area (Å²) in [7, 11) is 0. The van der Waals surface area contributed by atoms with E-state index < -0.39 is 6.10 Å². The standard InChI is InChI=1S/C22H24N4O4/c1-15-22(29)26(14-20(27)25-11-3-2-4-12-25)18-13-17(5-6-19(18)30-15)24-21(28)16-7-9-23-10-8-16/h5-10,13,15H,2-4,11-12,14H2,1H3,(H,24,28). The highest BCUT2D eigenvalue weighted by atomic mass is 16.5. The molecule has 2 aromatic rings. The lowest BCUT2D eigenvalue weighted by Crippen LogP contribution is -2.50. The molecule has 0 aliphatic carbocycles. The number of amides is 3. The van der Waals surface area contributed by atoms with Crippen molar-refractivity contribution in [2.75, 3.05) is 29.9 Å². The fraction of sp³-hybridized carbons (Fsp3) is 0.364. The van der Waals surface area contributed by atoms with Crippen LogP contribution in [-0.4, -0.2) is 53.3 Å². The number of nitrogens with zero attached hydrogens (tertiary/aromatic N) is 3. The minimum Gasteiger partial charge on any atom is -0.479 e. The highest BCUT2D eigenvalue weighted by Crippen LogP contribution is 2.36. The summed E-state index contributed by atoms with van der Waals surface area (Å²) in [6.07, 6.45) is 5.51. The Morgan fingerprint density at radius 3 is 2.60 bits per heavy atom. The molecule has 2 aliphatic rings. The average molecular weight is 408 g/mol. The molecule has 0 radical (unpaired) electrons. The lowest BCUT2D eigenvalue weighted by atomic mass is 10.1. The fourth-order valence-electron chi connectivity index (χ4n) is 3.73. The van der Waals surface area contributed by atoms with Crippen molar-refractivity contribution in [2.24, 2.45) is 0 Å². The van der Waals surface area contributed by atoms with Gasteiger partial charge < -0.3 is 15.0 Å². The number of carbonyl (C=O) groups is 3. The quantitative estimate of drug-likeness (QED) is 0.839. The van der Waals surface area contributed by atoms with Crippen LogP contribution in [0.2, 0.25) is 0 Å². The van der Waals surface area contributed by atoms with Crippen LogP contribution in [0.5, 0.6) is 5.75 Å². The van der Waals surface area contributed by atoms with Crippen molar-refractivity contribution in [3.05, 3.63) is 48.3 Å². The van der Waals surface area contributed by atoms with Crippen LogP contribution in [0, 0.1) is 0 Å². The second-order valence-electron chi connectivity index (χ2n) is 7.50. The van der Waals surface area contributed by atoms with Gasteiger partial charge in [-0.1, -0.05) is 0 Å². The third-order valence-electron chi connectivity index (χ3n) is 5.37. The number of likely N-dealkylation sites (tertiary alicyclic amines) is 1. The largest absolute Gasteiger partial charge is 0.479 e. The normalized spacial score (nSPS) is 18.4. The predicted octanol–water partition coefficient (Wildman–Crippen LogP) is 2.46. The van der Waals surface area contributed by atoms with Crippen molar-refractivity contribution < 1.29 is 19.1 Å². The molecule has 30 heavy (non-hydrogen) atoms. The number of carbonyl (C=O) groups excluding carboxylic acids is 3. The summed E-state index contributed by atoms with van der Waals surface area (Å²) in [5.41, 5.74) is 1.47. The molecule has 1 fully saturated rings. The molecule has 1 saturated heterocycles. The molecule has 0 bridgehead atoms. The van der Waals surface area contributed by atoms with Gasteiger partial charge in [0.1, 0.15) is 12.3 Å². The second-order valence-corrected chi connectivity index (χ2v) is 7.50. The first-order chi connectivity index (χ1) is 14.5. The highest BCUT2D eigenvalue weighted by Gasteiger charge is 2.34. The number of anilines is 2. The Hall–Kier alpha value is -3.42. The molecular weight excluding hydrogens is 384 g/mol. The molecule has 2 aliphatic heterocycles. The molecule has 3 heterocycles. The van der Waals surface area contributed by atoms with Gasteiger partial charge >= 0.3 is 0 Å². The maximum atomic E-state index is 12.8. The smallest absolute Gasteiger partial charge is 0.268 e. The van der Waals surface area contributed by atoms with Crippen molar-refractivity contribution in [1.29, 1.82) is 0 Å². The number of nitrogens with one attached hydrogen (secondary N) is 1. The Labute approximate surface area is 174 Å². The molecule has 0 spiro atoms. The summed E-state index contributed by atoms with van der Waals surface area (Å²) < 4.78 is 5.71. The summed E-state index contributed by atoms with van der Waals surface area (Å²) >= 11 is 0. The third-order valence-corrected chi connectivity index (χ3v) is 5.37. The number of fused-ring (bicyclic) bond motifs is 1. The second kappa shape index (κ2) is 8.52. The Morgan fingerprint density at radius 2 is 1.87 bits per heavy atom. The molecule has 156 valence electrons. The zero-order chi connectivity index (χ0) is 21.1. The van der Waals surface area contributed by atoms with E-state index in [9.17, 15) is 14.4 Å². The lowest BCUT2D eigenvalue weighted by Gasteiger charge is -2.35. The molecule has 1 aromatic carbocycles. The first-order valence-corrected chi connectivity index (χ1v) is 10.1. The molecule has 1 aromatic heterocycles. The molecule has 1 N–H and O–H groups in total. The number of piperidine rings is 1. The van der Waals surface area contributed by atoms with Crippen LogP contribution < -0.4 is 15.0 Å². The van der Waals surface area contributed by atoms with Gasteiger partial charge in [-0.25, -0.2) is 0 Å². The van der Waals surface area contributed by atoms with Gasteiger partial charge in [-0.15, -0.1) is 0 Å². The third kappa shape index (κ3) is 4.12. The number of hydrogen-bond donors (Lipinski definition) is 1. The first-order valence-electron chi connectivity index (χ1n) is 10.1. The zero-order valence-electron chi connectivity index (χ0n) is 16.8. The number of hydrogen-bond acceptors (Lipinski definition) is 5. The maximum Gasteiger partial charge on any atom is 0.268 e. The topological polar surface area (TPSA) is 91.8 Å². The average Bonchev–Trinajstić information content (AvgIpc) is 2.78. The van der Waals surface area contributed by atoms with E-state index in [0.29, 0.717) is 22.7 Å². The summed E-state index contributed by atoms with van der Waals surface area (Å²) in [4.78, 5) is 45.2. The van der Waals surface area contributed by atoms with E-state index in [4.69, 9.17) is 4.74 Å².